The minimum absolute atomic E-state index is 0.100. The number of aryl methyl sites for hydroxylation is 1. The summed E-state index contributed by atoms with van der Waals surface area (Å²) in [6.45, 7) is 7.18. The summed E-state index contributed by atoms with van der Waals surface area (Å²) < 4.78 is 7.07. The van der Waals surface area contributed by atoms with Crippen LogP contribution in [-0.4, -0.2) is 66.5 Å². The number of quaternary nitrogens is 1. The molecule has 0 spiro atoms. The molecule has 2 aromatic carbocycles. The minimum atomic E-state index is -0.334. The Bertz CT molecular complexity index is 990. The number of piperidine rings is 4. The fourth-order valence-electron chi connectivity index (χ4n) is 6.23. The zero-order valence-electron chi connectivity index (χ0n) is 20.3. The summed E-state index contributed by atoms with van der Waals surface area (Å²) in [7, 11) is 0. The van der Waals surface area contributed by atoms with Crippen molar-refractivity contribution in [3.63, 3.8) is 0 Å². The summed E-state index contributed by atoms with van der Waals surface area (Å²) in [4.78, 5) is 29.0. The van der Waals surface area contributed by atoms with Gasteiger partial charge in [0.2, 0.25) is 5.78 Å². The first-order valence-electron chi connectivity index (χ1n) is 13.0. The van der Waals surface area contributed by atoms with Crippen LogP contribution in [0.3, 0.4) is 0 Å². The van der Waals surface area contributed by atoms with Crippen molar-refractivity contribution in [2.45, 2.75) is 51.2 Å². The molecule has 0 N–H and O–H groups in total. The van der Waals surface area contributed by atoms with Gasteiger partial charge in [-0.25, -0.2) is 4.79 Å². The first-order valence-corrected chi connectivity index (χ1v) is 13.0. The number of hydrogen-bond donors (Lipinski definition) is 0. The number of rotatable bonds is 7. The Kier molecular flexibility index (Phi) is 6.84. The van der Waals surface area contributed by atoms with Crippen molar-refractivity contribution in [2.24, 2.45) is 5.92 Å². The van der Waals surface area contributed by atoms with Crippen LogP contribution in [0.2, 0.25) is 0 Å². The lowest BCUT2D eigenvalue weighted by atomic mass is 9.82. The highest BCUT2D eigenvalue weighted by Crippen LogP contribution is 2.37. The van der Waals surface area contributed by atoms with Crippen molar-refractivity contribution in [3.8, 4) is 0 Å². The molecule has 0 aromatic heterocycles. The Morgan fingerprint density at radius 1 is 0.971 bits per heavy atom. The molecule has 6 rings (SSSR count). The number of hydrogen-bond acceptors (Lipinski definition) is 4. The van der Waals surface area contributed by atoms with E-state index in [0.717, 1.165) is 79.6 Å². The fraction of sp³-hybridized carbons (Fsp3) is 0.517. The van der Waals surface area contributed by atoms with Gasteiger partial charge in [-0.15, -0.1) is 0 Å². The van der Waals surface area contributed by atoms with Crippen LogP contribution in [0.5, 0.6) is 0 Å². The first kappa shape index (κ1) is 23.3. The summed E-state index contributed by atoms with van der Waals surface area (Å²) in [5.41, 5.74) is 2.97. The molecule has 4 aliphatic heterocycles. The lowest BCUT2D eigenvalue weighted by molar-refractivity contribution is -0.938. The lowest BCUT2D eigenvalue weighted by Gasteiger charge is -2.51. The highest BCUT2D eigenvalue weighted by Gasteiger charge is 2.49. The third-order valence-electron chi connectivity index (χ3n) is 8.26. The van der Waals surface area contributed by atoms with E-state index in [0.29, 0.717) is 12.5 Å². The van der Waals surface area contributed by atoms with Gasteiger partial charge < -0.3 is 9.22 Å². The standard InChI is InChI=1S/C29H37N2O3/c1-22-10-12-23(13-11-22)26(32)20-31-18-14-24(15-19-31)27(21-31)34-29(33)28(25-8-4-2-5-9-25)30-16-6-3-7-17-30/h2,4-5,8-13,24,27-28H,3,6-7,14-21H2,1H3/q+1/t24?,27-,28?,31?/m0/s1. The number of ketones is 1. The maximum absolute atomic E-state index is 13.6. The molecule has 1 unspecified atom stereocenters. The Hall–Kier alpha value is -2.50. The number of ether oxygens (including phenoxy) is 1. The number of fused-ring (bicyclic) bond motifs is 3. The summed E-state index contributed by atoms with van der Waals surface area (Å²) in [6, 6.07) is 17.6. The molecule has 2 atom stereocenters. The SMILES string of the molecule is Cc1ccc(C(=O)C[N+]23CCC(CC2)[C@@H](OC(=O)C(c2ccccc2)N2CCCCC2)C3)cc1. The zero-order valence-corrected chi connectivity index (χ0v) is 20.3. The molecule has 34 heavy (non-hydrogen) atoms. The highest BCUT2D eigenvalue weighted by atomic mass is 16.5. The molecule has 2 bridgehead atoms. The van der Waals surface area contributed by atoms with Crippen LogP contribution >= 0.6 is 0 Å². The normalized spacial score (nSPS) is 27.8. The van der Waals surface area contributed by atoms with Gasteiger partial charge in [0.1, 0.15) is 19.1 Å². The molecule has 0 saturated carbocycles. The number of Topliss-reactive ketones (excluding diaryl/α,β-unsaturated/α-hetero) is 1. The minimum Gasteiger partial charge on any atom is -0.455 e. The third-order valence-corrected chi connectivity index (χ3v) is 8.26. The molecule has 2 aromatic rings. The van der Waals surface area contributed by atoms with Gasteiger partial charge in [0, 0.05) is 24.3 Å². The molecule has 4 saturated heterocycles. The fourth-order valence-corrected chi connectivity index (χ4v) is 6.23. The van der Waals surface area contributed by atoms with E-state index in [1.807, 2.05) is 61.5 Å². The summed E-state index contributed by atoms with van der Waals surface area (Å²) >= 11 is 0. The maximum Gasteiger partial charge on any atom is 0.328 e. The van der Waals surface area contributed by atoms with Gasteiger partial charge >= 0.3 is 5.97 Å². The van der Waals surface area contributed by atoms with Crippen LogP contribution in [0.25, 0.3) is 0 Å². The molecule has 4 fully saturated rings. The van der Waals surface area contributed by atoms with Crippen LogP contribution in [0.15, 0.2) is 54.6 Å². The smallest absolute Gasteiger partial charge is 0.328 e. The van der Waals surface area contributed by atoms with E-state index >= 15 is 0 Å². The lowest BCUT2D eigenvalue weighted by Crippen LogP contribution is -2.66. The number of likely N-dealkylation sites (tertiary alicyclic amines) is 1. The van der Waals surface area contributed by atoms with Gasteiger partial charge in [0.05, 0.1) is 13.1 Å². The number of esters is 1. The zero-order chi connectivity index (χ0) is 23.5. The number of carbonyl (C=O) groups is 2. The van der Waals surface area contributed by atoms with Crippen LogP contribution in [0.4, 0.5) is 0 Å². The molecule has 0 aliphatic carbocycles. The van der Waals surface area contributed by atoms with Crippen molar-refractivity contribution in [2.75, 3.05) is 39.3 Å². The van der Waals surface area contributed by atoms with E-state index in [9.17, 15) is 9.59 Å². The van der Waals surface area contributed by atoms with E-state index in [2.05, 4.69) is 4.90 Å². The van der Waals surface area contributed by atoms with E-state index < -0.39 is 0 Å². The van der Waals surface area contributed by atoms with E-state index in [1.165, 1.54) is 6.42 Å². The Balaban J connectivity index is 1.30. The average molecular weight is 462 g/mol. The van der Waals surface area contributed by atoms with Crippen molar-refractivity contribution < 1.29 is 18.8 Å². The van der Waals surface area contributed by atoms with Crippen molar-refractivity contribution in [1.82, 2.24) is 4.90 Å². The van der Waals surface area contributed by atoms with Gasteiger partial charge in [-0.1, -0.05) is 66.6 Å². The quantitative estimate of drug-likeness (QED) is 0.345. The largest absolute Gasteiger partial charge is 0.455 e. The van der Waals surface area contributed by atoms with Gasteiger partial charge in [-0.2, -0.15) is 0 Å². The summed E-state index contributed by atoms with van der Waals surface area (Å²) in [5, 5.41) is 0. The number of carbonyl (C=O) groups excluding carboxylic acids is 2. The second-order valence-corrected chi connectivity index (χ2v) is 10.6. The monoisotopic (exact) mass is 461 g/mol. The maximum atomic E-state index is 13.6. The Morgan fingerprint density at radius 3 is 2.32 bits per heavy atom. The number of nitrogens with zero attached hydrogens (tertiary/aromatic N) is 2. The Labute approximate surface area is 203 Å². The van der Waals surface area contributed by atoms with E-state index in [4.69, 9.17) is 4.74 Å². The highest BCUT2D eigenvalue weighted by molar-refractivity contribution is 5.97. The molecule has 0 amide bonds. The first-order chi connectivity index (χ1) is 16.5. The predicted octanol–water partition coefficient (Wildman–Crippen LogP) is 4.56. The predicted molar refractivity (Wildman–Crippen MR) is 132 cm³/mol. The molecule has 5 heteroatoms. The van der Waals surface area contributed by atoms with Crippen LogP contribution in [0.1, 0.15) is 59.6 Å². The topological polar surface area (TPSA) is 46.6 Å². The summed E-state index contributed by atoms with van der Waals surface area (Å²) in [6.07, 6.45) is 5.44. The van der Waals surface area contributed by atoms with Gasteiger partial charge in [0.15, 0.2) is 6.10 Å². The van der Waals surface area contributed by atoms with Crippen molar-refractivity contribution >= 4 is 11.8 Å². The molecular weight excluding hydrogens is 424 g/mol. The Morgan fingerprint density at radius 2 is 1.65 bits per heavy atom. The van der Waals surface area contributed by atoms with Crippen molar-refractivity contribution in [1.29, 1.82) is 0 Å². The number of benzene rings is 2. The molecule has 4 aliphatic rings. The molecule has 180 valence electrons. The second-order valence-electron chi connectivity index (χ2n) is 10.6. The average Bonchev–Trinajstić information content (AvgIpc) is 2.86. The molecule has 0 radical (unpaired) electrons. The van der Waals surface area contributed by atoms with Gasteiger partial charge in [0.25, 0.3) is 0 Å². The molecular formula is C29H37N2O3+. The molecule has 5 nitrogen and oxygen atoms in total. The van der Waals surface area contributed by atoms with Gasteiger partial charge in [-0.05, 0) is 38.4 Å². The van der Waals surface area contributed by atoms with E-state index in [1.54, 1.807) is 0 Å². The summed E-state index contributed by atoms with van der Waals surface area (Å²) in [5.74, 6) is 0.493. The molecule has 4 heterocycles. The van der Waals surface area contributed by atoms with Crippen LogP contribution < -0.4 is 0 Å². The third kappa shape index (κ3) is 4.96. The van der Waals surface area contributed by atoms with E-state index in [-0.39, 0.29) is 23.9 Å². The van der Waals surface area contributed by atoms with Crippen molar-refractivity contribution in [3.05, 3.63) is 71.3 Å². The van der Waals surface area contributed by atoms with Gasteiger partial charge in [-0.3, -0.25) is 9.69 Å². The second kappa shape index (κ2) is 10.0. The van der Waals surface area contributed by atoms with Crippen LogP contribution in [0, 0.1) is 12.8 Å². The van der Waals surface area contributed by atoms with Crippen LogP contribution in [-0.2, 0) is 9.53 Å².